The van der Waals surface area contributed by atoms with E-state index in [4.69, 9.17) is 34.8 Å². The van der Waals surface area contributed by atoms with Gasteiger partial charge in [-0.25, -0.2) is 0 Å². The van der Waals surface area contributed by atoms with Crippen LogP contribution >= 0.6 is 34.8 Å². The van der Waals surface area contributed by atoms with Crippen LogP contribution in [0.5, 0.6) is 0 Å². The molecule has 0 nitrogen and oxygen atoms in total. The van der Waals surface area contributed by atoms with Gasteiger partial charge in [0.1, 0.15) is 0 Å². The Morgan fingerprint density at radius 3 is 2.58 bits per heavy atom. The van der Waals surface area contributed by atoms with Gasteiger partial charge in [-0.1, -0.05) is 53.5 Å². The Morgan fingerprint density at radius 1 is 1.33 bits per heavy atom. The first-order valence-corrected chi connectivity index (χ1v) is 4.51. The average Bonchev–Trinajstić information content (AvgIpc) is 1.98. The molecule has 0 saturated heterocycles. The molecule has 1 aromatic rings. The molecule has 0 saturated carbocycles. The Kier molecular flexibility index (Phi) is 3.45. The third kappa shape index (κ3) is 2.41. The first kappa shape index (κ1) is 9.91. The van der Waals surface area contributed by atoms with Gasteiger partial charge in [0.15, 0.2) is 0 Å². The van der Waals surface area contributed by atoms with Crippen molar-refractivity contribution in [2.45, 2.75) is 6.42 Å². The third-order valence-corrected chi connectivity index (χ3v) is 2.41. The van der Waals surface area contributed by atoms with Crippen LogP contribution in [0.15, 0.2) is 29.8 Å². The Morgan fingerprint density at radius 2 is 2.00 bits per heavy atom. The summed E-state index contributed by atoms with van der Waals surface area (Å²) in [4.78, 5) is 0. The predicted molar refractivity (Wildman–Crippen MR) is 55.2 cm³/mol. The number of benzene rings is 1. The average molecular weight is 222 g/mol. The third-order valence-electron chi connectivity index (χ3n) is 1.41. The van der Waals surface area contributed by atoms with Crippen LogP contribution in [0, 0.1) is 0 Å². The molecule has 1 aromatic carbocycles. The second-order valence-electron chi connectivity index (χ2n) is 2.41. The van der Waals surface area contributed by atoms with E-state index < -0.39 is 0 Å². The highest BCUT2D eigenvalue weighted by Gasteiger charge is 2.03. The van der Waals surface area contributed by atoms with E-state index in [2.05, 4.69) is 6.58 Å². The Bertz CT molecular complexity index is 305. The lowest BCUT2D eigenvalue weighted by Gasteiger charge is -2.03. The van der Waals surface area contributed by atoms with Gasteiger partial charge in [0, 0.05) is 11.5 Å². The fraction of sp³-hybridized carbons (Fsp3) is 0.111. The van der Waals surface area contributed by atoms with Crippen molar-refractivity contribution in [1.82, 2.24) is 0 Å². The van der Waals surface area contributed by atoms with Crippen LogP contribution in [-0.2, 0) is 6.42 Å². The lowest BCUT2D eigenvalue weighted by molar-refractivity contribution is 1.25. The maximum absolute atomic E-state index is 5.91. The molecule has 0 N–H and O–H groups in total. The van der Waals surface area contributed by atoms with Crippen LogP contribution in [0.3, 0.4) is 0 Å². The minimum atomic E-state index is 0.548. The summed E-state index contributed by atoms with van der Waals surface area (Å²) in [6.45, 7) is 3.58. The Labute approximate surface area is 86.7 Å². The summed E-state index contributed by atoms with van der Waals surface area (Å²) in [6.07, 6.45) is 0.556. The molecule has 1 rings (SSSR count). The first-order valence-electron chi connectivity index (χ1n) is 3.37. The Balaban J connectivity index is 3.00. The van der Waals surface area contributed by atoms with E-state index in [1.807, 2.05) is 12.1 Å². The molecular weight excluding hydrogens is 214 g/mol. The minimum absolute atomic E-state index is 0.548. The SMILES string of the molecule is C=C(Cl)Cc1cccc(Cl)c1Cl. The lowest BCUT2D eigenvalue weighted by Crippen LogP contribution is -1.85. The minimum Gasteiger partial charge on any atom is -0.0894 e. The zero-order valence-corrected chi connectivity index (χ0v) is 8.55. The molecule has 3 heteroatoms. The maximum atomic E-state index is 5.91. The molecule has 0 amide bonds. The second kappa shape index (κ2) is 4.18. The van der Waals surface area contributed by atoms with Crippen molar-refractivity contribution in [2.24, 2.45) is 0 Å². The number of hydrogen-bond acceptors (Lipinski definition) is 0. The number of allylic oxidation sites excluding steroid dienone is 1. The molecular formula is C9H7Cl3. The molecule has 0 aliphatic heterocycles. The molecule has 0 unspecified atom stereocenters. The normalized spacial score (nSPS) is 9.92. The van der Waals surface area contributed by atoms with Crippen molar-refractivity contribution < 1.29 is 0 Å². The van der Waals surface area contributed by atoms with Gasteiger partial charge in [-0.2, -0.15) is 0 Å². The molecule has 0 fully saturated rings. The summed E-state index contributed by atoms with van der Waals surface area (Å²) in [7, 11) is 0. The first-order chi connectivity index (χ1) is 5.61. The standard InChI is InChI=1S/C9H7Cl3/c1-6(10)5-7-3-2-4-8(11)9(7)12/h2-4H,1,5H2. The van der Waals surface area contributed by atoms with Crippen molar-refractivity contribution in [2.75, 3.05) is 0 Å². The zero-order chi connectivity index (χ0) is 9.14. The van der Waals surface area contributed by atoms with E-state index in [-0.39, 0.29) is 0 Å². The van der Waals surface area contributed by atoms with Crippen LogP contribution < -0.4 is 0 Å². The Hall–Kier alpha value is -0.170. The van der Waals surface area contributed by atoms with Gasteiger partial charge in [0.05, 0.1) is 10.0 Å². The largest absolute Gasteiger partial charge is 0.0894 e. The quantitative estimate of drug-likeness (QED) is 0.699. The summed E-state index contributed by atoms with van der Waals surface area (Å²) < 4.78 is 0. The van der Waals surface area contributed by atoms with E-state index in [9.17, 15) is 0 Å². The fourth-order valence-electron chi connectivity index (χ4n) is 0.892. The summed E-state index contributed by atoms with van der Waals surface area (Å²) in [5, 5.41) is 1.66. The van der Waals surface area contributed by atoms with Crippen LogP contribution in [0.4, 0.5) is 0 Å². The molecule has 0 radical (unpaired) electrons. The van der Waals surface area contributed by atoms with Gasteiger partial charge in [-0.3, -0.25) is 0 Å². The summed E-state index contributed by atoms with van der Waals surface area (Å²) in [6, 6.07) is 5.45. The fourth-order valence-corrected chi connectivity index (χ4v) is 1.42. The summed E-state index contributed by atoms with van der Waals surface area (Å²) in [5.41, 5.74) is 0.907. The van der Waals surface area contributed by atoms with Crippen LogP contribution in [0.2, 0.25) is 10.0 Å². The highest BCUT2D eigenvalue weighted by molar-refractivity contribution is 6.42. The highest BCUT2D eigenvalue weighted by atomic mass is 35.5. The molecule has 0 heterocycles. The van der Waals surface area contributed by atoms with E-state index >= 15 is 0 Å². The van der Waals surface area contributed by atoms with Gasteiger partial charge >= 0.3 is 0 Å². The molecule has 64 valence electrons. The molecule has 0 aromatic heterocycles. The number of rotatable bonds is 2. The monoisotopic (exact) mass is 220 g/mol. The van der Waals surface area contributed by atoms with Crippen molar-refractivity contribution in [1.29, 1.82) is 0 Å². The maximum Gasteiger partial charge on any atom is 0.0627 e. The topological polar surface area (TPSA) is 0 Å². The van der Waals surface area contributed by atoms with E-state index in [0.29, 0.717) is 21.5 Å². The van der Waals surface area contributed by atoms with Crippen molar-refractivity contribution >= 4 is 34.8 Å². The van der Waals surface area contributed by atoms with Crippen molar-refractivity contribution in [3.05, 3.63) is 45.4 Å². The summed E-state index contributed by atoms with van der Waals surface area (Å²) >= 11 is 17.3. The van der Waals surface area contributed by atoms with Gasteiger partial charge in [0.25, 0.3) is 0 Å². The smallest absolute Gasteiger partial charge is 0.0627 e. The molecule has 0 aliphatic carbocycles. The summed E-state index contributed by atoms with van der Waals surface area (Å²) in [5.74, 6) is 0. The van der Waals surface area contributed by atoms with E-state index in [0.717, 1.165) is 5.56 Å². The molecule has 12 heavy (non-hydrogen) atoms. The van der Waals surface area contributed by atoms with Gasteiger partial charge in [-0.15, -0.1) is 0 Å². The lowest BCUT2D eigenvalue weighted by atomic mass is 10.1. The second-order valence-corrected chi connectivity index (χ2v) is 3.73. The molecule has 0 spiro atoms. The van der Waals surface area contributed by atoms with Crippen LogP contribution in [0.1, 0.15) is 5.56 Å². The van der Waals surface area contributed by atoms with Gasteiger partial charge in [0.2, 0.25) is 0 Å². The van der Waals surface area contributed by atoms with Gasteiger partial charge < -0.3 is 0 Å². The van der Waals surface area contributed by atoms with Gasteiger partial charge in [-0.05, 0) is 11.6 Å². The predicted octanol–water partition coefficient (Wildman–Crippen LogP) is 4.29. The number of halogens is 3. The zero-order valence-electron chi connectivity index (χ0n) is 6.28. The molecule has 0 bridgehead atoms. The molecule has 0 atom stereocenters. The highest BCUT2D eigenvalue weighted by Crippen LogP contribution is 2.27. The van der Waals surface area contributed by atoms with Crippen molar-refractivity contribution in [3.8, 4) is 0 Å². The van der Waals surface area contributed by atoms with E-state index in [1.54, 1.807) is 6.07 Å². The van der Waals surface area contributed by atoms with Crippen LogP contribution in [0.25, 0.3) is 0 Å². The number of hydrogen-bond donors (Lipinski definition) is 0. The molecule has 0 aliphatic rings. The van der Waals surface area contributed by atoms with Crippen LogP contribution in [-0.4, -0.2) is 0 Å². The van der Waals surface area contributed by atoms with Crippen molar-refractivity contribution in [3.63, 3.8) is 0 Å². The van der Waals surface area contributed by atoms with E-state index in [1.165, 1.54) is 0 Å².